The van der Waals surface area contributed by atoms with Crippen molar-refractivity contribution in [1.82, 2.24) is 4.98 Å². The molecule has 2 rings (SSSR count). The van der Waals surface area contributed by atoms with E-state index in [-0.39, 0.29) is 10.7 Å². The molecule has 0 unspecified atom stereocenters. The maximum Gasteiger partial charge on any atom is 0.339 e. The van der Waals surface area contributed by atoms with Crippen molar-refractivity contribution in [2.75, 3.05) is 0 Å². The Hall–Kier alpha value is -2.14. The first-order valence-electron chi connectivity index (χ1n) is 5.54. The molecule has 1 atom stereocenters. The van der Waals surface area contributed by atoms with E-state index in [0.717, 1.165) is 0 Å². The maximum atomic E-state index is 12.0. The van der Waals surface area contributed by atoms with Crippen LogP contribution in [-0.4, -0.2) is 23.0 Å². The number of amides is 1. The number of para-hydroxylation sites is 1. The number of carbonyl (C=O) groups excluding carboxylic acids is 2. The van der Waals surface area contributed by atoms with Crippen LogP contribution < -0.4 is 5.73 Å². The molecular weight excluding hydrogens is 268 g/mol. The Morgan fingerprint density at radius 2 is 2.05 bits per heavy atom. The van der Waals surface area contributed by atoms with Crippen LogP contribution in [0.5, 0.6) is 0 Å². The molecule has 0 aliphatic rings. The highest BCUT2D eigenvalue weighted by atomic mass is 35.5. The lowest BCUT2D eigenvalue weighted by atomic mass is 10.1. The van der Waals surface area contributed by atoms with Gasteiger partial charge in [-0.05, 0) is 19.1 Å². The van der Waals surface area contributed by atoms with Crippen LogP contribution in [0.3, 0.4) is 0 Å². The number of carbonyl (C=O) groups is 2. The van der Waals surface area contributed by atoms with Gasteiger partial charge in [0.1, 0.15) is 5.15 Å². The van der Waals surface area contributed by atoms with E-state index in [1.165, 1.54) is 13.0 Å². The summed E-state index contributed by atoms with van der Waals surface area (Å²) in [7, 11) is 0. The fourth-order valence-electron chi connectivity index (χ4n) is 1.59. The van der Waals surface area contributed by atoms with Gasteiger partial charge in [0.25, 0.3) is 5.91 Å². The van der Waals surface area contributed by atoms with Gasteiger partial charge in [0, 0.05) is 5.39 Å². The van der Waals surface area contributed by atoms with E-state index < -0.39 is 18.0 Å². The highest BCUT2D eigenvalue weighted by Crippen LogP contribution is 2.21. The molecule has 0 aliphatic carbocycles. The van der Waals surface area contributed by atoms with E-state index in [4.69, 9.17) is 22.1 Å². The number of benzene rings is 1. The van der Waals surface area contributed by atoms with E-state index in [2.05, 4.69) is 4.98 Å². The quantitative estimate of drug-likeness (QED) is 0.687. The highest BCUT2D eigenvalue weighted by Gasteiger charge is 2.19. The van der Waals surface area contributed by atoms with Crippen LogP contribution >= 0.6 is 11.6 Å². The minimum atomic E-state index is -1.00. The molecule has 1 heterocycles. The molecule has 98 valence electrons. The smallest absolute Gasteiger partial charge is 0.339 e. The number of rotatable bonds is 3. The molecule has 0 fully saturated rings. The van der Waals surface area contributed by atoms with Gasteiger partial charge < -0.3 is 10.5 Å². The number of aromatic nitrogens is 1. The topological polar surface area (TPSA) is 82.3 Å². The van der Waals surface area contributed by atoms with E-state index >= 15 is 0 Å². The van der Waals surface area contributed by atoms with Crippen molar-refractivity contribution in [3.05, 3.63) is 41.0 Å². The summed E-state index contributed by atoms with van der Waals surface area (Å²) in [6.45, 7) is 1.41. The van der Waals surface area contributed by atoms with Gasteiger partial charge >= 0.3 is 5.97 Å². The van der Waals surface area contributed by atoms with Crippen LogP contribution in [0.25, 0.3) is 10.9 Å². The second kappa shape index (κ2) is 5.24. The summed E-state index contributed by atoms with van der Waals surface area (Å²) >= 11 is 5.86. The van der Waals surface area contributed by atoms with Gasteiger partial charge in [0.05, 0.1) is 11.1 Å². The van der Waals surface area contributed by atoms with E-state index in [0.29, 0.717) is 10.9 Å². The van der Waals surface area contributed by atoms with Gasteiger partial charge in [-0.2, -0.15) is 0 Å². The third-order valence-corrected chi connectivity index (χ3v) is 2.78. The van der Waals surface area contributed by atoms with Gasteiger partial charge in [0.15, 0.2) is 6.10 Å². The van der Waals surface area contributed by atoms with Crippen LogP contribution in [-0.2, 0) is 9.53 Å². The monoisotopic (exact) mass is 278 g/mol. The number of hydrogen-bond donors (Lipinski definition) is 1. The molecule has 5 nitrogen and oxygen atoms in total. The van der Waals surface area contributed by atoms with E-state index in [1.54, 1.807) is 24.3 Å². The fourth-order valence-corrected chi connectivity index (χ4v) is 1.79. The number of fused-ring (bicyclic) bond motifs is 1. The summed E-state index contributed by atoms with van der Waals surface area (Å²) in [6.07, 6.45) is -1.00. The molecule has 6 heteroatoms. The first-order valence-corrected chi connectivity index (χ1v) is 5.92. The van der Waals surface area contributed by atoms with Crippen LogP contribution in [0.4, 0.5) is 0 Å². The summed E-state index contributed by atoms with van der Waals surface area (Å²) in [5, 5.41) is 0.783. The van der Waals surface area contributed by atoms with E-state index in [9.17, 15) is 9.59 Å². The molecule has 0 saturated carbocycles. The fraction of sp³-hybridized carbons (Fsp3) is 0.154. The van der Waals surface area contributed by atoms with Crippen molar-refractivity contribution < 1.29 is 14.3 Å². The third-order valence-electron chi connectivity index (χ3n) is 2.59. The summed E-state index contributed by atoms with van der Waals surface area (Å²) in [4.78, 5) is 27.0. The molecule has 2 aromatic rings. The minimum absolute atomic E-state index is 0.178. The summed E-state index contributed by atoms with van der Waals surface area (Å²) in [5.74, 6) is -1.37. The van der Waals surface area contributed by atoms with Crippen LogP contribution in [0, 0.1) is 0 Å². The molecule has 1 aromatic heterocycles. The van der Waals surface area contributed by atoms with Crippen molar-refractivity contribution in [2.24, 2.45) is 5.73 Å². The number of hydrogen-bond acceptors (Lipinski definition) is 4. The number of pyridine rings is 1. The molecular formula is C13H11ClN2O3. The number of ether oxygens (including phenoxy) is 1. The van der Waals surface area contributed by atoms with Gasteiger partial charge in [-0.15, -0.1) is 0 Å². The third kappa shape index (κ3) is 2.82. The zero-order chi connectivity index (χ0) is 14.0. The van der Waals surface area contributed by atoms with Crippen molar-refractivity contribution in [1.29, 1.82) is 0 Å². The number of nitrogens with two attached hydrogens (primary N) is 1. The van der Waals surface area contributed by atoms with Crippen LogP contribution in [0.1, 0.15) is 17.3 Å². The Balaban J connectivity index is 2.44. The van der Waals surface area contributed by atoms with Crippen molar-refractivity contribution >= 4 is 34.4 Å². The molecule has 0 spiro atoms. The zero-order valence-electron chi connectivity index (χ0n) is 10.1. The predicted octanol–water partition coefficient (Wildman–Crippen LogP) is 1.92. The average molecular weight is 279 g/mol. The second-order valence-electron chi connectivity index (χ2n) is 3.96. The molecule has 0 aliphatic heterocycles. The molecule has 0 radical (unpaired) electrons. The highest BCUT2D eigenvalue weighted by molar-refractivity contribution is 6.30. The number of halogens is 1. The maximum absolute atomic E-state index is 12.0. The SMILES string of the molecule is C[C@H](OC(=O)c1cc(Cl)nc2ccccc12)C(N)=O. The van der Waals surface area contributed by atoms with Crippen molar-refractivity contribution in [2.45, 2.75) is 13.0 Å². The summed E-state index contributed by atoms with van der Waals surface area (Å²) < 4.78 is 4.96. The van der Waals surface area contributed by atoms with Crippen LogP contribution in [0.2, 0.25) is 5.15 Å². The average Bonchev–Trinajstić information content (AvgIpc) is 2.37. The lowest BCUT2D eigenvalue weighted by molar-refractivity contribution is -0.125. The summed E-state index contributed by atoms with van der Waals surface area (Å²) in [6, 6.07) is 8.42. The predicted molar refractivity (Wildman–Crippen MR) is 70.8 cm³/mol. The number of esters is 1. The zero-order valence-corrected chi connectivity index (χ0v) is 10.8. The Morgan fingerprint density at radius 1 is 1.37 bits per heavy atom. The van der Waals surface area contributed by atoms with Gasteiger partial charge in [0.2, 0.25) is 0 Å². The summed E-state index contributed by atoms with van der Waals surface area (Å²) in [5.41, 5.74) is 5.88. The molecule has 1 amide bonds. The molecule has 2 N–H and O–H groups in total. The Kier molecular flexibility index (Phi) is 3.66. The van der Waals surface area contributed by atoms with Gasteiger partial charge in [-0.25, -0.2) is 9.78 Å². The lowest BCUT2D eigenvalue weighted by Gasteiger charge is -2.11. The second-order valence-corrected chi connectivity index (χ2v) is 4.35. The normalized spacial score (nSPS) is 12.1. The van der Waals surface area contributed by atoms with Crippen molar-refractivity contribution in [3.8, 4) is 0 Å². The molecule has 19 heavy (non-hydrogen) atoms. The number of nitrogens with zero attached hydrogens (tertiary/aromatic N) is 1. The largest absolute Gasteiger partial charge is 0.449 e. The first-order chi connectivity index (χ1) is 8.99. The Bertz CT molecular complexity index is 657. The van der Waals surface area contributed by atoms with Crippen LogP contribution in [0.15, 0.2) is 30.3 Å². The molecule has 1 aromatic carbocycles. The van der Waals surface area contributed by atoms with Crippen molar-refractivity contribution in [3.63, 3.8) is 0 Å². The minimum Gasteiger partial charge on any atom is -0.449 e. The standard InChI is InChI=1S/C13H11ClN2O3/c1-7(12(15)17)19-13(18)9-6-11(14)16-10-5-3-2-4-8(9)10/h2-7H,1H3,(H2,15,17)/t7-/m0/s1. The molecule has 0 saturated heterocycles. The molecule has 0 bridgehead atoms. The van der Waals surface area contributed by atoms with Gasteiger partial charge in [-0.3, -0.25) is 4.79 Å². The Morgan fingerprint density at radius 3 is 2.74 bits per heavy atom. The van der Waals surface area contributed by atoms with E-state index in [1.807, 2.05) is 0 Å². The Labute approximate surface area is 114 Å². The number of primary amides is 1. The lowest BCUT2D eigenvalue weighted by Crippen LogP contribution is -2.30. The first kappa shape index (κ1) is 13.3. The van der Waals surface area contributed by atoms with Gasteiger partial charge in [-0.1, -0.05) is 29.8 Å².